The molecule has 0 saturated carbocycles. The summed E-state index contributed by atoms with van der Waals surface area (Å²) in [6.07, 6.45) is 3.97. The van der Waals surface area contributed by atoms with Crippen LogP contribution in [-0.2, 0) is 17.6 Å². The van der Waals surface area contributed by atoms with Gasteiger partial charge in [0.05, 0.1) is 5.52 Å². The Morgan fingerprint density at radius 2 is 1.81 bits per heavy atom. The van der Waals surface area contributed by atoms with Gasteiger partial charge in [-0.1, -0.05) is 54.6 Å². The predicted molar refractivity (Wildman–Crippen MR) is 124 cm³/mol. The number of benzene rings is 2. The minimum absolute atomic E-state index is 0.0935. The van der Waals surface area contributed by atoms with Crippen molar-refractivity contribution in [3.8, 4) is 0 Å². The molecule has 2 aromatic carbocycles. The number of nitrogens with zero attached hydrogens (tertiary/aromatic N) is 1. The van der Waals surface area contributed by atoms with E-state index in [0.717, 1.165) is 22.2 Å². The van der Waals surface area contributed by atoms with E-state index in [4.69, 9.17) is 4.74 Å². The maximum Gasteiger partial charge on any atom is 0.419 e. The molecule has 3 aromatic rings. The summed E-state index contributed by atoms with van der Waals surface area (Å²) in [6.45, 7) is 9.49. The molecule has 1 atom stereocenters. The van der Waals surface area contributed by atoms with Gasteiger partial charge in [0.25, 0.3) is 0 Å². The van der Waals surface area contributed by atoms with Gasteiger partial charge in [-0.3, -0.25) is 4.79 Å². The fourth-order valence-corrected chi connectivity index (χ4v) is 4.73. The van der Waals surface area contributed by atoms with Crippen LogP contribution in [0.1, 0.15) is 55.2 Å². The molecular formula is C27H29NO3. The Labute approximate surface area is 183 Å². The van der Waals surface area contributed by atoms with Crippen LogP contribution in [0, 0.1) is 5.41 Å². The monoisotopic (exact) mass is 415 g/mol. The number of fused-ring (bicyclic) bond motifs is 3. The van der Waals surface area contributed by atoms with Gasteiger partial charge < -0.3 is 4.74 Å². The van der Waals surface area contributed by atoms with E-state index in [1.807, 2.05) is 69.3 Å². The molecule has 0 saturated heterocycles. The van der Waals surface area contributed by atoms with Gasteiger partial charge in [0.1, 0.15) is 5.60 Å². The first-order valence-electron chi connectivity index (χ1n) is 10.8. The molecule has 1 aromatic heterocycles. The highest BCUT2D eigenvalue weighted by Gasteiger charge is 2.45. The number of Topliss-reactive ketones (excluding diaryl/α,β-unsaturated/α-hetero) is 1. The highest BCUT2D eigenvalue weighted by molar-refractivity contribution is 6.14. The lowest BCUT2D eigenvalue weighted by molar-refractivity contribution is 0.0537. The third-order valence-electron chi connectivity index (χ3n) is 6.02. The molecule has 160 valence electrons. The van der Waals surface area contributed by atoms with Crippen molar-refractivity contribution in [1.29, 1.82) is 0 Å². The molecule has 1 aliphatic rings. The van der Waals surface area contributed by atoms with Gasteiger partial charge in [0, 0.05) is 22.1 Å². The number of hydrogen-bond acceptors (Lipinski definition) is 3. The molecule has 31 heavy (non-hydrogen) atoms. The second-order valence-corrected chi connectivity index (χ2v) is 9.42. The highest BCUT2D eigenvalue weighted by atomic mass is 16.6. The summed E-state index contributed by atoms with van der Waals surface area (Å²) in [7, 11) is 0. The van der Waals surface area contributed by atoms with Crippen LogP contribution >= 0.6 is 0 Å². The van der Waals surface area contributed by atoms with E-state index in [-0.39, 0.29) is 5.78 Å². The number of rotatable bonds is 4. The van der Waals surface area contributed by atoms with Crippen molar-refractivity contribution in [2.24, 2.45) is 5.41 Å². The summed E-state index contributed by atoms with van der Waals surface area (Å²) in [5, 5.41) is 0.814. The standard InChI is InChI=1S/C27H29NO3/c1-5-16-27(18-19-11-7-6-8-12-19)17-15-22-23(24(27)29)20-13-9-10-14-21(20)28(22)25(30)31-26(2,3)4/h5-14H,1,15-18H2,2-4H3/t27-/m1/s1. The molecule has 0 bridgehead atoms. The van der Waals surface area contributed by atoms with Crippen LogP contribution in [0.15, 0.2) is 67.3 Å². The molecule has 0 fully saturated rings. The van der Waals surface area contributed by atoms with Gasteiger partial charge >= 0.3 is 6.09 Å². The van der Waals surface area contributed by atoms with E-state index in [2.05, 4.69) is 18.7 Å². The smallest absolute Gasteiger partial charge is 0.419 e. The van der Waals surface area contributed by atoms with E-state index in [9.17, 15) is 9.59 Å². The van der Waals surface area contributed by atoms with Crippen molar-refractivity contribution in [1.82, 2.24) is 4.57 Å². The Morgan fingerprint density at radius 1 is 1.13 bits per heavy atom. The summed E-state index contributed by atoms with van der Waals surface area (Å²) in [5.41, 5.74) is 2.10. The van der Waals surface area contributed by atoms with Gasteiger partial charge in [-0.15, -0.1) is 6.58 Å². The van der Waals surface area contributed by atoms with E-state index in [1.165, 1.54) is 0 Å². The largest absolute Gasteiger partial charge is 0.443 e. The fraction of sp³-hybridized carbons (Fsp3) is 0.333. The molecule has 0 aliphatic heterocycles. The Bertz CT molecular complexity index is 1150. The van der Waals surface area contributed by atoms with Crippen molar-refractivity contribution in [2.45, 2.75) is 52.1 Å². The number of ketones is 1. The molecule has 0 amide bonds. The fourth-order valence-electron chi connectivity index (χ4n) is 4.73. The van der Waals surface area contributed by atoms with Gasteiger partial charge in [0.15, 0.2) is 5.78 Å². The molecule has 0 N–H and O–H groups in total. The van der Waals surface area contributed by atoms with Crippen LogP contribution in [0.25, 0.3) is 10.9 Å². The lowest BCUT2D eigenvalue weighted by atomic mass is 9.66. The number of allylic oxidation sites excluding steroid dienone is 1. The van der Waals surface area contributed by atoms with Crippen LogP contribution in [-0.4, -0.2) is 22.0 Å². The minimum Gasteiger partial charge on any atom is -0.443 e. The Balaban J connectivity index is 1.86. The Kier molecular flexibility index (Phi) is 5.34. The molecule has 0 radical (unpaired) electrons. The van der Waals surface area contributed by atoms with Gasteiger partial charge in [-0.05, 0) is 58.1 Å². The summed E-state index contributed by atoms with van der Waals surface area (Å²) in [4.78, 5) is 27.2. The third-order valence-corrected chi connectivity index (χ3v) is 6.02. The first-order valence-corrected chi connectivity index (χ1v) is 10.8. The average molecular weight is 416 g/mol. The van der Waals surface area contributed by atoms with Crippen LogP contribution in [0.5, 0.6) is 0 Å². The van der Waals surface area contributed by atoms with Crippen molar-refractivity contribution in [2.75, 3.05) is 0 Å². The number of ether oxygens (including phenoxy) is 1. The topological polar surface area (TPSA) is 48.3 Å². The number of aromatic nitrogens is 1. The first-order chi connectivity index (χ1) is 14.8. The highest BCUT2D eigenvalue weighted by Crippen LogP contribution is 2.44. The molecule has 0 unspecified atom stereocenters. The van der Waals surface area contributed by atoms with Crippen molar-refractivity contribution >= 4 is 22.8 Å². The second-order valence-electron chi connectivity index (χ2n) is 9.42. The number of hydrogen-bond donors (Lipinski definition) is 0. The molecule has 1 aliphatic carbocycles. The second kappa shape index (κ2) is 7.84. The Hall–Kier alpha value is -3.14. The van der Waals surface area contributed by atoms with Crippen LogP contribution < -0.4 is 0 Å². The summed E-state index contributed by atoms with van der Waals surface area (Å²) in [5.74, 6) is 0.0935. The van der Waals surface area contributed by atoms with E-state index < -0.39 is 17.1 Å². The SMILES string of the molecule is C=CC[C@]1(Cc2ccccc2)CCc2c(c3ccccc3n2C(=O)OC(C)(C)C)C1=O. The lowest BCUT2D eigenvalue weighted by Crippen LogP contribution is -2.38. The Morgan fingerprint density at radius 3 is 2.48 bits per heavy atom. The van der Waals surface area contributed by atoms with E-state index in [1.54, 1.807) is 4.57 Å². The summed E-state index contributed by atoms with van der Waals surface area (Å²) in [6, 6.07) is 17.7. The predicted octanol–water partition coefficient (Wildman–Crippen LogP) is 6.36. The first kappa shape index (κ1) is 21.1. The number of carbonyl (C=O) groups is 2. The zero-order valence-corrected chi connectivity index (χ0v) is 18.5. The molecule has 4 nitrogen and oxygen atoms in total. The van der Waals surface area contributed by atoms with Crippen LogP contribution in [0.2, 0.25) is 0 Å². The van der Waals surface area contributed by atoms with Crippen LogP contribution in [0.4, 0.5) is 4.79 Å². The van der Waals surface area contributed by atoms with Crippen molar-refractivity contribution < 1.29 is 14.3 Å². The van der Waals surface area contributed by atoms with Gasteiger partial charge in [-0.2, -0.15) is 0 Å². The third kappa shape index (κ3) is 3.83. The molecule has 4 rings (SSSR count). The zero-order chi connectivity index (χ0) is 22.2. The number of para-hydroxylation sites is 1. The van der Waals surface area contributed by atoms with Crippen molar-refractivity contribution in [3.05, 3.63) is 84.1 Å². The van der Waals surface area contributed by atoms with E-state index >= 15 is 0 Å². The molecule has 0 spiro atoms. The molecule has 1 heterocycles. The maximum atomic E-state index is 14.1. The number of carbonyl (C=O) groups excluding carboxylic acids is 2. The molecular weight excluding hydrogens is 386 g/mol. The minimum atomic E-state index is -0.617. The lowest BCUT2D eigenvalue weighted by Gasteiger charge is -2.36. The van der Waals surface area contributed by atoms with Crippen molar-refractivity contribution in [3.63, 3.8) is 0 Å². The van der Waals surface area contributed by atoms with Gasteiger partial charge in [0.2, 0.25) is 0 Å². The quantitative estimate of drug-likeness (QED) is 0.466. The summed E-state index contributed by atoms with van der Waals surface area (Å²) < 4.78 is 7.29. The molecule has 4 heteroatoms. The van der Waals surface area contributed by atoms with E-state index in [0.29, 0.717) is 31.2 Å². The van der Waals surface area contributed by atoms with Crippen LogP contribution in [0.3, 0.4) is 0 Å². The van der Waals surface area contributed by atoms with Gasteiger partial charge in [-0.25, -0.2) is 9.36 Å². The average Bonchev–Trinajstić information content (AvgIpc) is 3.05. The normalized spacial score (nSPS) is 18.6. The summed E-state index contributed by atoms with van der Waals surface area (Å²) >= 11 is 0. The zero-order valence-electron chi connectivity index (χ0n) is 18.5. The maximum absolute atomic E-state index is 14.1.